The molecule has 7 heteroatoms. The van der Waals surface area contributed by atoms with Gasteiger partial charge in [0.1, 0.15) is 11.7 Å². The average molecular weight is 373 g/mol. The number of hydrogen-bond donors (Lipinski definition) is 2. The van der Waals surface area contributed by atoms with Crippen molar-refractivity contribution in [1.29, 1.82) is 0 Å². The minimum absolute atomic E-state index is 0.210. The molecule has 2 amide bonds. The lowest BCUT2D eigenvalue weighted by molar-refractivity contribution is -0.120. The molecule has 1 aromatic heterocycles. The van der Waals surface area contributed by atoms with Crippen molar-refractivity contribution in [2.45, 2.75) is 51.0 Å². The van der Waals surface area contributed by atoms with Crippen LogP contribution in [-0.4, -0.2) is 36.1 Å². The molecule has 27 heavy (non-hydrogen) atoms. The quantitative estimate of drug-likeness (QED) is 0.618. The summed E-state index contributed by atoms with van der Waals surface area (Å²) >= 11 is 0. The molecule has 0 aromatic carbocycles. The van der Waals surface area contributed by atoms with Gasteiger partial charge in [0.2, 0.25) is 5.91 Å². The van der Waals surface area contributed by atoms with Gasteiger partial charge in [-0.15, -0.1) is 0 Å². The fourth-order valence-corrected chi connectivity index (χ4v) is 2.91. The van der Waals surface area contributed by atoms with Crippen LogP contribution in [0.15, 0.2) is 12.1 Å². The molecule has 0 bridgehead atoms. The van der Waals surface area contributed by atoms with E-state index < -0.39 is 17.9 Å². The number of amides is 2. The second kappa shape index (κ2) is 7.74. The molecule has 1 heterocycles. The first kappa shape index (κ1) is 18.1. The Morgan fingerprint density at radius 3 is 2.26 bits per heavy atom. The maximum atomic E-state index is 12.6. The number of carbonyl (C=O) groups excluding carboxylic acids is 2. The van der Waals surface area contributed by atoms with Crippen molar-refractivity contribution in [2.75, 3.05) is 13.2 Å². The Labute approximate surface area is 159 Å². The minimum Gasteiger partial charge on any atom is -0.488 e. The van der Waals surface area contributed by atoms with Gasteiger partial charge in [0.25, 0.3) is 11.8 Å². The highest BCUT2D eigenvalue weighted by Crippen LogP contribution is 2.35. The Balaban J connectivity index is 1.43. The molecule has 146 valence electrons. The van der Waals surface area contributed by atoms with Gasteiger partial charge in [-0.3, -0.25) is 9.59 Å². The second-order valence-electron chi connectivity index (χ2n) is 8.12. The summed E-state index contributed by atoms with van der Waals surface area (Å²) in [6, 6.07) is 2.68. The molecule has 0 unspecified atom stereocenters. The van der Waals surface area contributed by atoms with Gasteiger partial charge in [0, 0.05) is 0 Å². The van der Waals surface area contributed by atoms with Crippen LogP contribution < -0.4 is 20.5 Å². The number of nitrogens with one attached hydrogen (secondary N) is 1. The van der Waals surface area contributed by atoms with Crippen LogP contribution in [0.5, 0.6) is 11.6 Å². The van der Waals surface area contributed by atoms with Gasteiger partial charge in [-0.2, -0.15) is 0 Å². The summed E-state index contributed by atoms with van der Waals surface area (Å²) in [5.41, 5.74) is 5.65. The lowest BCUT2D eigenvalue weighted by Gasteiger charge is -2.16. The molecule has 4 rings (SSSR count). The highest BCUT2D eigenvalue weighted by atomic mass is 16.5. The fraction of sp³-hybridized carbons (Fsp3) is 0.650. The van der Waals surface area contributed by atoms with E-state index in [4.69, 9.17) is 15.2 Å². The Hall–Kier alpha value is -2.31. The molecule has 1 atom stereocenters. The number of rotatable bonds is 11. The molecule has 0 radical (unpaired) electrons. The van der Waals surface area contributed by atoms with Crippen molar-refractivity contribution in [3.05, 3.63) is 17.8 Å². The van der Waals surface area contributed by atoms with Crippen LogP contribution in [0, 0.1) is 17.8 Å². The SMILES string of the molecule is NC(=O)[C@H](CC1CC1)NC(=O)c1ccc(OCC2CC2)c(OCC2CC2)n1. The number of nitrogens with zero attached hydrogens (tertiary/aromatic N) is 1. The van der Waals surface area contributed by atoms with E-state index in [0.717, 1.165) is 12.8 Å². The van der Waals surface area contributed by atoms with E-state index in [1.165, 1.54) is 25.7 Å². The molecule has 3 aliphatic carbocycles. The van der Waals surface area contributed by atoms with E-state index in [-0.39, 0.29) is 5.69 Å². The van der Waals surface area contributed by atoms with Crippen molar-refractivity contribution >= 4 is 11.8 Å². The number of hydrogen-bond acceptors (Lipinski definition) is 5. The van der Waals surface area contributed by atoms with E-state index in [1.807, 2.05) is 0 Å². The number of nitrogens with two attached hydrogens (primary N) is 1. The highest BCUT2D eigenvalue weighted by Gasteiger charge is 2.30. The molecule has 3 N–H and O–H groups in total. The third kappa shape index (κ3) is 5.34. The summed E-state index contributed by atoms with van der Waals surface area (Å²) in [6.07, 6.45) is 7.49. The molecule has 0 saturated heterocycles. The van der Waals surface area contributed by atoms with Gasteiger partial charge in [-0.1, -0.05) is 12.8 Å². The van der Waals surface area contributed by atoms with Gasteiger partial charge in [0.05, 0.1) is 13.2 Å². The highest BCUT2D eigenvalue weighted by molar-refractivity contribution is 5.96. The van der Waals surface area contributed by atoms with Gasteiger partial charge < -0.3 is 20.5 Å². The van der Waals surface area contributed by atoms with E-state index in [1.54, 1.807) is 12.1 Å². The van der Waals surface area contributed by atoms with Crippen LogP contribution in [0.3, 0.4) is 0 Å². The Bertz CT molecular complexity index is 711. The predicted octanol–water partition coefficient (Wildman–Crippen LogP) is 2.04. The molecule has 3 aliphatic rings. The molecule has 3 saturated carbocycles. The zero-order chi connectivity index (χ0) is 18.8. The van der Waals surface area contributed by atoms with E-state index in [9.17, 15) is 9.59 Å². The van der Waals surface area contributed by atoms with Crippen LogP contribution in [0.25, 0.3) is 0 Å². The molecule has 1 aromatic rings. The second-order valence-corrected chi connectivity index (χ2v) is 8.12. The monoisotopic (exact) mass is 373 g/mol. The molecular weight excluding hydrogens is 346 g/mol. The van der Waals surface area contributed by atoms with Crippen LogP contribution in [-0.2, 0) is 4.79 Å². The number of primary amides is 1. The van der Waals surface area contributed by atoms with E-state index in [0.29, 0.717) is 49.0 Å². The summed E-state index contributed by atoms with van der Waals surface area (Å²) in [4.78, 5) is 28.6. The average Bonchev–Trinajstić information content (AvgIpc) is 3.50. The van der Waals surface area contributed by atoms with Crippen LogP contribution in [0.4, 0.5) is 0 Å². The van der Waals surface area contributed by atoms with Crippen molar-refractivity contribution < 1.29 is 19.1 Å². The van der Waals surface area contributed by atoms with Crippen molar-refractivity contribution in [3.63, 3.8) is 0 Å². The maximum absolute atomic E-state index is 12.6. The number of ether oxygens (including phenoxy) is 2. The standard InChI is InChI=1S/C20H27N3O4/c21-18(24)16(9-12-1-2-12)22-19(25)15-7-8-17(26-10-13-3-4-13)20(23-15)27-11-14-5-6-14/h7-8,12-14,16H,1-6,9-11H2,(H2,21,24)(H,22,25)/t16-/m0/s1. The normalized spacial score (nSPS) is 20.0. The van der Waals surface area contributed by atoms with E-state index in [2.05, 4.69) is 10.3 Å². The van der Waals surface area contributed by atoms with Gasteiger partial charge >= 0.3 is 0 Å². The lowest BCUT2D eigenvalue weighted by Crippen LogP contribution is -2.45. The van der Waals surface area contributed by atoms with Gasteiger partial charge in [0.15, 0.2) is 5.75 Å². The first-order valence-electron chi connectivity index (χ1n) is 9.95. The molecule has 3 fully saturated rings. The van der Waals surface area contributed by atoms with Crippen LogP contribution in [0.1, 0.15) is 55.4 Å². The number of carbonyl (C=O) groups is 2. The molecule has 0 aliphatic heterocycles. The van der Waals surface area contributed by atoms with Crippen LogP contribution in [0.2, 0.25) is 0 Å². The summed E-state index contributed by atoms with van der Waals surface area (Å²) in [5, 5.41) is 2.72. The van der Waals surface area contributed by atoms with Crippen molar-refractivity contribution in [1.82, 2.24) is 10.3 Å². The summed E-state index contributed by atoms with van der Waals surface area (Å²) < 4.78 is 11.7. The largest absolute Gasteiger partial charge is 0.488 e. The van der Waals surface area contributed by atoms with Crippen LogP contribution >= 0.6 is 0 Å². The number of aromatic nitrogens is 1. The zero-order valence-corrected chi connectivity index (χ0v) is 15.5. The summed E-state index contributed by atoms with van der Waals surface area (Å²) in [6.45, 7) is 1.24. The third-order valence-corrected chi connectivity index (χ3v) is 5.30. The summed E-state index contributed by atoms with van der Waals surface area (Å²) in [5.74, 6) is 1.67. The zero-order valence-electron chi connectivity index (χ0n) is 15.5. The Morgan fingerprint density at radius 1 is 1.04 bits per heavy atom. The van der Waals surface area contributed by atoms with Gasteiger partial charge in [-0.25, -0.2) is 4.98 Å². The topological polar surface area (TPSA) is 104 Å². The van der Waals surface area contributed by atoms with Gasteiger partial charge in [-0.05, 0) is 62.0 Å². The fourth-order valence-electron chi connectivity index (χ4n) is 2.91. The van der Waals surface area contributed by atoms with Crippen molar-refractivity contribution in [3.8, 4) is 11.6 Å². The molecular formula is C20H27N3O4. The molecule has 7 nitrogen and oxygen atoms in total. The Kier molecular flexibility index (Phi) is 5.18. The maximum Gasteiger partial charge on any atom is 0.270 e. The smallest absolute Gasteiger partial charge is 0.270 e. The minimum atomic E-state index is -0.659. The Morgan fingerprint density at radius 2 is 1.67 bits per heavy atom. The lowest BCUT2D eigenvalue weighted by atomic mass is 10.1. The number of pyridine rings is 1. The van der Waals surface area contributed by atoms with Crippen molar-refractivity contribution in [2.24, 2.45) is 23.5 Å². The first-order valence-corrected chi connectivity index (χ1v) is 9.95. The predicted molar refractivity (Wildman–Crippen MR) is 98.5 cm³/mol. The molecule has 0 spiro atoms. The summed E-state index contributed by atoms with van der Waals surface area (Å²) in [7, 11) is 0. The van der Waals surface area contributed by atoms with E-state index >= 15 is 0 Å². The third-order valence-electron chi connectivity index (χ3n) is 5.30. The first-order chi connectivity index (χ1) is 13.1.